The summed E-state index contributed by atoms with van der Waals surface area (Å²) >= 11 is 0. The quantitative estimate of drug-likeness (QED) is 0.772. The molecule has 2 heterocycles. The molecule has 5 heteroatoms. The van der Waals surface area contributed by atoms with Crippen LogP contribution in [0.4, 0.5) is 0 Å². The van der Waals surface area contributed by atoms with Crippen LogP contribution in [0.1, 0.15) is 50.2 Å². The Morgan fingerprint density at radius 3 is 2.59 bits per heavy atom. The highest BCUT2D eigenvalue weighted by molar-refractivity contribution is 5.83. The smallest absolute Gasteiger partial charge is 0.228 e. The van der Waals surface area contributed by atoms with Gasteiger partial charge in [-0.15, -0.1) is 0 Å². The van der Waals surface area contributed by atoms with Gasteiger partial charge in [-0.25, -0.2) is 0 Å². The van der Waals surface area contributed by atoms with Gasteiger partial charge >= 0.3 is 0 Å². The van der Waals surface area contributed by atoms with Crippen LogP contribution in [0.25, 0.3) is 0 Å². The Hall–Kier alpha value is -1.43. The van der Waals surface area contributed by atoms with Crippen LogP contribution in [0, 0.1) is 5.41 Å². The number of benzene rings is 1. The number of nitrogens with zero attached hydrogens (tertiary/aromatic N) is 1. The summed E-state index contributed by atoms with van der Waals surface area (Å²) in [7, 11) is 1.68. The second-order valence-electron chi connectivity index (χ2n) is 8.28. The maximum absolute atomic E-state index is 12.8. The van der Waals surface area contributed by atoms with Crippen molar-refractivity contribution in [3.8, 4) is 0 Å². The zero-order chi connectivity index (χ0) is 19.1. The highest BCUT2D eigenvalue weighted by Gasteiger charge is 2.39. The van der Waals surface area contributed by atoms with Crippen LogP contribution in [-0.4, -0.2) is 50.2 Å². The third kappa shape index (κ3) is 5.31. The number of carbonyl (C=O) groups is 1. The van der Waals surface area contributed by atoms with E-state index in [4.69, 9.17) is 4.74 Å². The van der Waals surface area contributed by atoms with E-state index >= 15 is 0 Å². The fourth-order valence-corrected chi connectivity index (χ4v) is 4.38. The van der Waals surface area contributed by atoms with Crippen molar-refractivity contribution < 1.29 is 9.53 Å². The average Bonchev–Trinajstić information content (AvgIpc) is 2.70. The molecule has 0 spiro atoms. The summed E-state index contributed by atoms with van der Waals surface area (Å²) in [6.07, 6.45) is 5.65. The van der Waals surface area contributed by atoms with Gasteiger partial charge in [-0.05, 0) is 63.4 Å². The lowest BCUT2D eigenvalue weighted by atomic mass is 9.78. The topological polar surface area (TPSA) is 53.6 Å². The Labute approximate surface area is 163 Å². The van der Waals surface area contributed by atoms with Crippen molar-refractivity contribution in [2.45, 2.75) is 58.2 Å². The second kappa shape index (κ2) is 9.67. The van der Waals surface area contributed by atoms with Crippen LogP contribution in [0.3, 0.4) is 0 Å². The van der Waals surface area contributed by atoms with Crippen LogP contribution in [-0.2, 0) is 22.6 Å². The van der Waals surface area contributed by atoms with Gasteiger partial charge in [0.2, 0.25) is 5.91 Å². The van der Waals surface area contributed by atoms with E-state index in [1.807, 2.05) is 0 Å². The van der Waals surface area contributed by atoms with Crippen LogP contribution in [0.15, 0.2) is 24.3 Å². The van der Waals surface area contributed by atoms with E-state index in [1.165, 1.54) is 31.4 Å². The Balaban J connectivity index is 1.52. The highest BCUT2D eigenvalue weighted by Crippen LogP contribution is 2.29. The number of piperidine rings is 2. The Kier molecular flexibility index (Phi) is 7.27. The molecule has 2 saturated heterocycles. The number of hydrogen-bond donors (Lipinski definition) is 2. The third-order valence-corrected chi connectivity index (χ3v) is 6.27. The number of carbonyl (C=O) groups excluding carboxylic acids is 1. The summed E-state index contributed by atoms with van der Waals surface area (Å²) in [5.74, 6) is 0.122. The summed E-state index contributed by atoms with van der Waals surface area (Å²) in [5, 5.41) is 6.47. The summed E-state index contributed by atoms with van der Waals surface area (Å²) in [4.78, 5) is 15.4. The van der Waals surface area contributed by atoms with Crippen LogP contribution < -0.4 is 10.6 Å². The molecule has 150 valence electrons. The molecule has 5 nitrogen and oxygen atoms in total. The Morgan fingerprint density at radius 1 is 1.22 bits per heavy atom. The molecule has 1 aromatic carbocycles. The first kappa shape index (κ1) is 20.3. The molecule has 0 bridgehead atoms. The van der Waals surface area contributed by atoms with Gasteiger partial charge in [0.1, 0.15) is 0 Å². The molecule has 1 unspecified atom stereocenters. The first-order valence-corrected chi connectivity index (χ1v) is 10.4. The van der Waals surface area contributed by atoms with E-state index in [2.05, 4.69) is 46.7 Å². The van der Waals surface area contributed by atoms with Gasteiger partial charge in [-0.1, -0.05) is 30.7 Å². The van der Waals surface area contributed by atoms with Crippen LogP contribution >= 0.6 is 0 Å². The van der Waals surface area contributed by atoms with E-state index in [-0.39, 0.29) is 11.3 Å². The molecule has 2 aliphatic heterocycles. The minimum absolute atomic E-state index is 0.122. The molecule has 2 aliphatic rings. The van der Waals surface area contributed by atoms with E-state index < -0.39 is 0 Å². The molecule has 1 atom stereocenters. The SMILES string of the molecule is COCC1(C(=O)NCc2ccc(CN3CCCCC3C)cc2)CCNCC1. The maximum Gasteiger partial charge on any atom is 0.228 e. The number of methoxy groups -OCH3 is 1. The largest absolute Gasteiger partial charge is 0.384 e. The number of nitrogens with one attached hydrogen (secondary N) is 2. The van der Waals surface area contributed by atoms with Crippen molar-refractivity contribution >= 4 is 5.91 Å². The number of amides is 1. The molecule has 0 aliphatic carbocycles. The third-order valence-electron chi connectivity index (χ3n) is 6.27. The molecule has 27 heavy (non-hydrogen) atoms. The average molecular weight is 374 g/mol. The van der Waals surface area contributed by atoms with Crippen LogP contribution in [0.2, 0.25) is 0 Å². The van der Waals surface area contributed by atoms with Gasteiger partial charge in [-0.2, -0.15) is 0 Å². The molecule has 0 saturated carbocycles. The molecule has 0 radical (unpaired) electrons. The molecule has 1 amide bonds. The first-order valence-electron chi connectivity index (χ1n) is 10.4. The fraction of sp³-hybridized carbons (Fsp3) is 0.682. The minimum atomic E-state index is -0.385. The predicted octanol–water partition coefficient (Wildman–Crippen LogP) is 2.69. The number of likely N-dealkylation sites (tertiary alicyclic amines) is 1. The van der Waals surface area contributed by atoms with E-state index in [1.54, 1.807) is 7.11 Å². The molecule has 0 aromatic heterocycles. The standard InChI is InChI=1S/C22H35N3O2/c1-18-5-3-4-14-25(18)16-20-8-6-19(7-9-20)15-24-21(26)22(17-27-2)10-12-23-13-11-22/h6-9,18,23H,3-5,10-17H2,1-2H3,(H,24,26). The minimum Gasteiger partial charge on any atom is -0.384 e. The van der Waals surface area contributed by atoms with Gasteiger partial charge < -0.3 is 15.4 Å². The number of ether oxygens (including phenoxy) is 1. The predicted molar refractivity (Wildman–Crippen MR) is 108 cm³/mol. The maximum atomic E-state index is 12.8. The lowest BCUT2D eigenvalue weighted by Gasteiger charge is -2.35. The fourth-order valence-electron chi connectivity index (χ4n) is 4.38. The first-order chi connectivity index (χ1) is 13.1. The second-order valence-corrected chi connectivity index (χ2v) is 8.28. The lowest BCUT2D eigenvalue weighted by molar-refractivity contribution is -0.136. The Morgan fingerprint density at radius 2 is 1.93 bits per heavy atom. The number of hydrogen-bond acceptors (Lipinski definition) is 4. The monoisotopic (exact) mass is 373 g/mol. The Bertz CT molecular complexity index is 591. The van der Waals surface area contributed by atoms with Crippen molar-refractivity contribution in [2.75, 3.05) is 33.4 Å². The molecule has 1 aromatic rings. The van der Waals surface area contributed by atoms with E-state index in [0.717, 1.165) is 38.0 Å². The lowest BCUT2D eigenvalue weighted by Crippen LogP contribution is -2.49. The molecule has 3 rings (SSSR count). The zero-order valence-electron chi connectivity index (χ0n) is 16.9. The van der Waals surface area contributed by atoms with E-state index in [9.17, 15) is 4.79 Å². The molecule has 2 N–H and O–H groups in total. The van der Waals surface area contributed by atoms with E-state index in [0.29, 0.717) is 19.2 Å². The van der Waals surface area contributed by atoms with Gasteiger partial charge in [-0.3, -0.25) is 9.69 Å². The van der Waals surface area contributed by atoms with Crippen molar-refractivity contribution in [1.82, 2.24) is 15.5 Å². The van der Waals surface area contributed by atoms with Gasteiger partial charge in [0, 0.05) is 26.2 Å². The molecule has 2 fully saturated rings. The van der Waals surface area contributed by atoms with Crippen molar-refractivity contribution in [3.05, 3.63) is 35.4 Å². The van der Waals surface area contributed by atoms with Crippen LogP contribution in [0.5, 0.6) is 0 Å². The number of rotatable bonds is 7. The molecular formula is C22H35N3O2. The van der Waals surface area contributed by atoms with Gasteiger partial charge in [0.05, 0.1) is 12.0 Å². The van der Waals surface area contributed by atoms with Crippen molar-refractivity contribution in [2.24, 2.45) is 5.41 Å². The van der Waals surface area contributed by atoms with Gasteiger partial charge in [0.15, 0.2) is 0 Å². The summed E-state index contributed by atoms with van der Waals surface area (Å²) in [6.45, 7) is 7.39. The normalized spacial score (nSPS) is 23.1. The van der Waals surface area contributed by atoms with Crippen molar-refractivity contribution in [1.29, 1.82) is 0 Å². The summed E-state index contributed by atoms with van der Waals surface area (Å²) in [5.41, 5.74) is 2.12. The molecular weight excluding hydrogens is 338 g/mol. The summed E-state index contributed by atoms with van der Waals surface area (Å²) < 4.78 is 5.36. The zero-order valence-corrected chi connectivity index (χ0v) is 16.9. The highest BCUT2D eigenvalue weighted by atomic mass is 16.5. The van der Waals surface area contributed by atoms with Gasteiger partial charge in [0.25, 0.3) is 0 Å². The summed E-state index contributed by atoms with van der Waals surface area (Å²) in [6, 6.07) is 9.39. The van der Waals surface area contributed by atoms with Crippen molar-refractivity contribution in [3.63, 3.8) is 0 Å².